The summed E-state index contributed by atoms with van der Waals surface area (Å²) in [5.41, 5.74) is 3.12. The number of rotatable bonds is 2. The van der Waals surface area contributed by atoms with E-state index in [4.69, 9.17) is 10.2 Å². The van der Waals surface area contributed by atoms with Gasteiger partial charge in [0.05, 0.1) is 13.2 Å². The summed E-state index contributed by atoms with van der Waals surface area (Å²) in [6, 6.07) is 7.88. The zero-order valence-corrected chi connectivity index (χ0v) is 7.27. The van der Waals surface area contributed by atoms with Crippen LogP contribution in [-0.4, -0.2) is 23.4 Å². The van der Waals surface area contributed by atoms with Crippen LogP contribution in [0.4, 0.5) is 0 Å². The van der Waals surface area contributed by atoms with Crippen molar-refractivity contribution in [1.82, 2.24) is 0 Å². The van der Waals surface area contributed by atoms with E-state index in [-0.39, 0.29) is 19.1 Å². The molecule has 1 aromatic rings. The maximum Gasteiger partial charge on any atom is 0.0684 e. The molecule has 1 aromatic carbocycles. The first-order valence-corrected chi connectivity index (χ1v) is 4.38. The number of aliphatic hydroxyl groups is 2. The van der Waals surface area contributed by atoms with E-state index < -0.39 is 0 Å². The monoisotopic (exact) mass is 176 g/mol. The fourth-order valence-electron chi connectivity index (χ4n) is 1.82. The molecule has 1 atom stereocenters. The first kappa shape index (κ1) is 8.48. The average Bonchev–Trinajstić information content (AvgIpc) is 2.56. The predicted octanol–water partition coefficient (Wildman–Crippen LogP) is 1.15. The molecule has 2 heteroatoms. The zero-order chi connectivity index (χ0) is 9.26. The third-order valence-corrected chi connectivity index (χ3v) is 2.48. The van der Waals surface area contributed by atoms with Crippen LogP contribution in [0, 0.1) is 0 Å². The molecule has 1 aliphatic rings. The van der Waals surface area contributed by atoms with Crippen LogP contribution in [0.25, 0.3) is 5.57 Å². The lowest BCUT2D eigenvalue weighted by molar-refractivity contribution is 0.284. The van der Waals surface area contributed by atoms with E-state index >= 15 is 0 Å². The Hall–Kier alpha value is -1.12. The van der Waals surface area contributed by atoms with Gasteiger partial charge in [-0.3, -0.25) is 0 Å². The van der Waals surface area contributed by atoms with Crippen LogP contribution in [0.1, 0.15) is 17.0 Å². The van der Waals surface area contributed by atoms with Gasteiger partial charge in [0.15, 0.2) is 0 Å². The van der Waals surface area contributed by atoms with Crippen molar-refractivity contribution in [1.29, 1.82) is 0 Å². The Morgan fingerprint density at radius 2 is 1.92 bits per heavy atom. The Labute approximate surface area is 77.1 Å². The summed E-state index contributed by atoms with van der Waals surface area (Å²) >= 11 is 0. The normalized spacial score (nSPS) is 19.8. The van der Waals surface area contributed by atoms with E-state index in [1.165, 1.54) is 0 Å². The van der Waals surface area contributed by atoms with Gasteiger partial charge in [0, 0.05) is 5.92 Å². The van der Waals surface area contributed by atoms with E-state index in [1.54, 1.807) is 0 Å². The van der Waals surface area contributed by atoms with Gasteiger partial charge in [-0.2, -0.15) is 0 Å². The van der Waals surface area contributed by atoms with Crippen molar-refractivity contribution in [3.63, 3.8) is 0 Å². The minimum Gasteiger partial charge on any atom is -0.395 e. The molecule has 0 radical (unpaired) electrons. The molecule has 0 aliphatic heterocycles. The van der Waals surface area contributed by atoms with Gasteiger partial charge >= 0.3 is 0 Å². The van der Waals surface area contributed by atoms with Crippen LogP contribution in [-0.2, 0) is 0 Å². The molecule has 0 saturated carbocycles. The van der Waals surface area contributed by atoms with Gasteiger partial charge in [-0.1, -0.05) is 30.3 Å². The molecule has 13 heavy (non-hydrogen) atoms. The van der Waals surface area contributed by atoms with Gasteiger partial charge in [-0.15, -0.1) is 0 Å². The molecule has 0 amide bonds. The topological polar surface area (TPSA) is 40.5 Å². The summed E-state index contributed by atoms with van der Waals surface area (Å²) in [5.74, 6) is 0.0679. The first-order chi connectivity index (χ1) is 6.36. The standard InChI is InChI=1S/C11H12O2/c12-6-8-5-9(7-13)11-4-2-1-3-10(8)11/h1-5,8,12-13H,6-7H2. The minimum absolute atomic E-state index is 0.0491. The van der Waals surface area contributed by atoms with Crippen molar-refractivity contribution in [2.75, 3.05) is 13.2 Å². The van der Waals surface area contributed by atoms with Gasteiger partial charge in [0.25, 0.3) is 0 Å². The maximum absolute atomic E-state index is 9.10. The highest BCUT2D eigenvalue weighted by atomic mass is 16.3. The second kappa shape index (κ2) is 3.32. The van der Waals surface area contributed by atoms with Crippen molar-refractivity contribution in [3.8, 4) is 0 Å². The molecule has 0 saturated heterocycles. The second-order valence-electron chi connectivity index (χ2n) is 3.23. The van der Waals surface area contributed by atoms with Crippen molar-refractivity contribution >= 4 is 5.57 Å². The number of aliphatic hydroxyl groups excluding tert-OH is 2. The average molecular weight is 176 g/mol. The van der Waals surface area contributed by atoms with E-state index in [1.807, 2.05) is 30.3 Å². The number of hydrogen-bond donors (Lipinski definition) is 2. The number of fused-ring (bicyclic) bond motifs is 1. The molecule has 0 bridgehead atoms. The number of benzene rings is 1. The molecule has 1 unspecified atom stereocenters. The summed E-state index contributed by atoms with van der Waals surface area (Å²) in [4.78, 5) is 0. The van der Waals surface area contributed by atoms with Crippen molar-refractivity contribution in [2.45, 2.75) is 5.92 Å². The van der Waals surface area contributed by atoms with E-state index in [9.17, 15) is 0 Å². The Morgan fingerprint density at radius 3 is 2.62 bits per heavy atom. The Balaban J connectivity index is 2.47. The fourth-order valence-corrected chi connectivity index (χ4v) is 1.82. The van der Waals surface area contributed by atoms with E-state index in [2.05, 4.69) is 0 Å². The lowest BCUT2D eigenvalue weighted by atomic mass is 10.0. The van der Waals surface area contributed by atoms with Gasteiger partial charge < -0.3 is 10.2 Å². The van der Waals surface area contributed by atoms with Crippen molar-refractivity contribution in [2.24, 2.45) is 0 Å². The van der Waals surface area contributed by atoms with Gasteiger partial charge in [0.1, 0.15) is 0 Å². The highest BCUT2D eigenvalue weighted by Gasteiger charge is 2.21. The molecule has 0 fully saturated rings. The van der Waals surface area contributed by atoms with Crippen LogP contribution in [0.5, 0.6) is 0 Å². The van der Waals surface area contributed by atoms with Gasteiger partial charge in [-0.25, -0.2) is 0 Å². The summed E-state index contributed by atoms with van der Waals surface area (Å²) in [6.07, 6.45) is 1.94. The van der Waals surface area contributed by atoms with Crippen LogP contribution in [0.15, 0.2) is 30.3 Å². The quantitative estimate of drug-likeness (QED) is 0.709. The predicted molar refractivity (Wildman–Crippen MR) is 51.3 cm³/mol. The Kier molecular flexibility index (Phi) is 2.17. The Bertz CT molecular complexity index is 342. The minimum atomic E-state index is 0.0491. The SMILES string of the molecule is OCC1=CC(CO)c2ccccc21. The van der Waals surface area contributed by atoms with Crippen LogP contribution in [0.3, 0.4) is 0 Å². The molecule has 0 aromatic heterocycles. The third kappa shape index (κ3) is 1.28. The molecule has 2 N–H and O–H groups in total. The van der Waals surface area contributed by atoms with Gasteiger partial charge in [0.2, 0.25) is 0 Å². The first-order valence-electron chi connectivity index (χ1n) is 4.38. The van der Waals surface area contributed by atoms with Crippen LogP contribution >= 0.6 is 0 Å². The zero-order valence-electron chi connectivity index (χ0n) is 7.27. The van der Waals surface area contributed by atoms with Gasteiger partial charge in [-0.05, 0) is 16.7 Å². The third-order valence-electron chi connectivity index (χ3n) is 2.48. The summed E-state index contributed by atoms with van der Waals surface area (Å²) in [6.45, 7) is 0.161. The van der Waals surface area contributed by atoms with Crippen LogP contribution in [0.2, 0.25) is 0 Å². The Morgan fingerprint density at radius 1 is 1.15 bits per heavy atom. The molecule has 0 heterocycles. The van der Waals surface area contributed by atoms with Crippen molar-refractivity contribution < 1.29 is 10.2 Å². The molecule has 2 rings (SSSR count). The molecular formula is C11H12O2. The molecule has 1 aliphatic carbocycles. The maximum atomic E-state index is 9.10. The highest BCUT2D eigenvalue weighted by Crippen LogP contribution is 2.34. The molecular weight excluding hydrogens is 164 g/mol. The summed E-state index contributed by atoms with van der Waals surface area (Å²) < 4.78 is 0. The number of hydrogen-bond acceptors (Lipinski definition) is 2. The van der Waals surface area contributed by atoms with Crippen molar-refractivity contribution in [3.05, 3.63) is 41.5 Å². The molecule has 68 valence electrons. The summed E-state index contributed by atoms with van der Waals surface area (Å²) in [5, 5.41) is 18.2. The second-order valence-corrected chi connectivity index (χ2v) is 3.23. The highest BCUT2D eigenvalue weighted by molar-refractivity contribution is 5.75. The van der Waals surface area contributed by atoms with Crippen LogP contribution < -0.4 is 0 Å². The molecule has 2 nitrogen and oxygen atoms in total. The largest absolute Gasteiger partial charge is 0.395 e. The fraction of sp³-hybridized carbons (Fsp3) is 0.273. The van der Waals surface area contributed by atoms with E-state index in [0.29, 0.717) is 0 Å². The lowest BCUT2D eigenvalue weighted by Crippen LogP contribution is -1.97. The van der Waals surface area contributed by atoms with E-state index in [0.717, 1.165) is 16.7 Å². The lowest BCUT2D eigenvalue weighted by Gasteiger charge is -2.05. The molecule has 0 spiro atoms. The summed E-state index contributed by atoms with van der Waals surface area (Å²) in [7, 11) is 0. The smallest absolute Gasteiger partial charge is 0.0684 e.